The number of rotatable bonds is 6. The lowest BCUT2D eigenvalue weighted by Crippen LogP contribution is -2.49. The molecule has 0 saturated carbocycles. The Hall–Kier alpha value is -3.05. The van der Waals surface area contributed by atoms with Crippen LogP contribution >= 0.6 is 6.89 Å². The summed E-state index contributed by atoms with van der Waals surface area (Å²) < 4.78 is 67.7. The maximum absolute atomic E-state index is 14.2. The number of hydrogen-bond donors (Lipinski definition) is 0. The molecule has 0 atom stereocenters. The van der Waals surface area contributed by atoms with Gasteiger partial charge in [-0.25, -0.2) is 0 Å². The molecule has 8 heteroatoms. The van der Waals surface area contributed by atoms with Crippen LogP contribution in [0.4, 0.5) is 22.0 Å². The van der Waals surface area contributed by atoms with Crippen LogP contribution in [-0.4, -0.2) is 29.5 Å². The Labute approximate surface area is 175 Å². The van der Waals surface area contributed by atoms with E-state index in [1.807, 2.05) is 0 Å². The third-order valence-corrected chi connectivity index (χ3v) is 9.03. The van der Waals surface area contributed by atoms with E-state index in [1.165, 1.54) is 36.4 Å². The summed E-state index contributed by atoms with van der Waals surface area (Å²) in [6.45, 7) is -3.67. The fraction of sp³-hybridized carbons (Fsp3) is 0.0870. The van der Waals surface area contributed by atoms with Crippen molar-refractivity contribution in [1.82, 2.24) is 0 Å². The second kappa shape index (κ2) is 8.60. The molecular formula is C23H16F5O2P. The van der Waals surface area contributed by atoms with E-state index in [9.17, 15) is 31.5 Å². The number of alkyl halides is 5. The molecule has 0 fully saturated rings. The highest BCUT2D eigenvalue weighted by Gasteiger charge is 2.64. The molecule has 3 aromatic carbocycles. The zero-order valence-electron chi connectivity index (χ0n) is 15.9. The van der Waals surface area contributed by atoms with Crippen molar-refractivity contribution in [3.63, 3.8) is 0 Å². The summed E-state index contributed by atoms with van der Waals surface area (Å²) in [5, 5.41) is -0.180. The lowest BCUT2D eigenvalue weighted by molar-refractivity contribution is -0.265. The summed E-state index contributed by atoms with van der Waals surface area (Å²) in [4.78, 5) is 24.9. The molecule has 3 rings (SSSR count). The summed E-state index contributed by atoms with van der Waals surface area (Å²) in [6.07, 6.45) is -6.29. The number of aldehydes is 1. The maximum atomic E-state index is 14.2. The Morgan fingerprint density at radius 3 is 1.23 bits per heavy atom. The third kappa shape index (κ3) is 3.86. The van der Waals surface area contributed by atoms with Gasteiger partial charge < -0.3 is 0 Å². The Balaban J connectivity index is 2.60. The Kier molecular flexibility index (Phi) is 6.27. The normalized spacial score (nSPS) is 12.3. The van der Waals surface area contributed by atoms with Gasteiger partial charge in [0.25, 0.3) is 0 Å². The van der Waals surface area contributed by atoms with Crippen molar-refractivity contribution < 1.29 is 31.5 Å². The van der Waals surface area contributed by atoms with Crippen LogP contribution in [0.3, 0.4) is 0 Å². The second-order valence-electron chi connectivity index (χ2n) is 6.58. The van der Waals surface area contributed by atoms with Crippen LogP contribution in [0.15, 0.2) is 91.0 Å². The standard InChI is InChI=1S/C23H16F5O2P/c24-22(25,23(26,27)28)21(30)20(16-29)31(17-10-4-1-5-11-17,18-12-6-2-7-13-18)19-14-8-3-9-15-19/h1-16H. The van der Waals surface area contributed by atoms with Gasteiger partial charge in [-0.15, -0.1) is 0 Å². The number of ketones is 1. The van der Waals surface area contributed by atoms with Crippen LogP contribution in [0.1, 0.15) is 0 Å². The first-order valence-corrected chi connectivity index (χ1v) is 10.8. The summed E-state index contributed by atoms with van der Waals surface area (Å²) in [6, 6.07) is 23.5. The van der Waals surface area contributed by atoms with E-state index in [1.54, 1.807) is 54.6 Å². The lowest BCUT2D eigenvalue weighted by atomic mass is 10.1. The maximum Gasteiger partial charge on any atom is 0.461 e. The quantitative estimate of drug-likeness (QED) is 0.245. The summed E-state index contributed by atoms with van der Waals surface area (Å²) in [7, 11) is 0. The van der Waals surface area contributed by atoms with E-state index in [0.717, 1.165) is 0 Å². The fourth-order valence-electron chi connectivity index (χ4n) is 3.39. The molecule has 3 aromatic rings. The van der Waals surface area contributed by atoms with E-state index in [2.05, 4.69) is 0 Å². The predicted octanol–water partition coefficient (Wildman–Crippen LogP) is 4.12. The minimum absolute atomic E-state index is 0.150. The first-order chi connectivity index (χ1) is 14.7. The molecule has 0 amide bonds. The van der Waals surface area contributed by atoms with Crippen molar-refractivity contribution in [2.24, 2.45) is 0 Å². The van der Waals surface area contributed by atoms with Gasteiger partial charge >= 0.3 is 12.1 Å². The van der Waals surface area contributed by atoms with Crippen LogP contribution in [0, 0.1) is 0 Å². The largest absolute Gasteiger partial charge is 0.461 e. The van der Waals surface area contributed by atoms with Crippen molar-refractivity contribution in [1.29, 1.82) is 0 Å². The molecule has 31 heavy (non-hydrogen) atoms. The van der Waals surface area contributed by atoms with Gasteiger partial charge in [-0.05, 0) is 22.8 Å². The first kappa shape index (κ1) is 22.6. The molecule has 0 spiro atoms. The van der Waals surface area contributed by atoms with Crippen molar-refractivity contribution in [2.45, 2.75) is 12.1 Å². The molecule has 0 heterocycles. The molecule has 0 unspecified atom stereocenters. The van der Waals surface area contributed by atoms with E-state index in [-0.39, 0.29) is 6.29 Å². The van der Waals surface area contributed by atoms with Crippen LogP contribution in [0.2, 0.25) is 0 Å². The van der Waals surface area contributed by atoms with Gasteiger partial charge in [0.05, 0.1) is 5.29 Å². The molecule has 0 saturated heterocycles. The van der Waals surface area contributed by atoms with Gasteiger partial charge in [0, 0.05) is 0 Å². The lowest BCUT2D eigenvalue weighted by Gasteiger charge is -2.31. The van der Waals surface area contributed by atoms with Crippen molar-refractivity contribution in [3.05, 3.63) is 91.0 Å². The molecule has 0 radical (unpaired) electrons. The topological polar surface area (TPSA) is 34.1 Å². The Bertz CT molecular complexity index is 1020. The van der Waals surface area contributed by atoms with Crippen molar-refractivity contribution in [3.8, 4) is 0 Å². The fourth-order valence-corrected chi connectivity index (χ4v) is 7.58. The predicted molar refractivity (Wildman–Crippen MR) is 112 cm³/mol. The SMILES string of the molecule is O=CC(C(=O)C(F)(F)C(F)(F)F)=P(c1ccccc1)(c1ccccc1)c1ccccc1. The first-order valence-electron chi connectivity index (χ1n) is 9.05. The number of hydrogen-bond acceptors (Lipinski definition) is 2. The zero-order chi connectivity index (χ0) is 22.7. The average molecular weight is 450 g/mol. The van der Waals surface area contributed by atoms with Gasteiger partial charge in [0.15, 0.2) is 6.29 Å². The van der Waals surface area contributed by atoms with Crippen LogP contribution in [0.25, 0.3) is 0 Å². The highest BCUT2D eigenvalue weighted by Crippen LogP contribution is 2.48. The summed E-state index contributed by atoms with van der Waals surface area (Å²) in [5.74, 6) is -8.26. The minimum Gasteiger partial charge on any atom is -0.298 e. The van der Waals surface area contributed by atoms with Gasteiger partial charge in [-0.1, -0.05) is 91.0 Å². The van der Waals surface area contributed by atoms with E-state index < -0.39 is 30.1 Å². The molecule has 2 nitrogen and oxygen atoms in total. The third-order valence-electron chi connectivity index (χ3n) is 4.78. The minimum atomic E-state index is -6.14. The number of carbonyl (C=O) groups is 2. The van der Waals surface area contributed by atoms with Gasteiger partial charge in [0.2, 0.25) is 5.78 Å². The molecule has 0 bridgehead atoms. The summed E-state index contributed by atoms with van der Waals surface area (Å²) in [5.41, 5.74) is 0. The molecule has 0 aromatic heterocycles. The van der Waals surface area contributed by atoms with E-state index in [0.29, 0.717) is 15.9 Å². The van der Waals surface area contributed by atoms with Crippen LogP contribution < -0.4 is 15.9 Å². The molecule has 0 N–H and O–H groups in total. The number of carbonyl (C=O) groups excluding carboxylic acids is 2. The second-order valence-corrected chi connectivity index (χ2v) is 9.95. The van der Waals surface area contributed by atoms with Gasteiger partial charge in [-0.2, -0.15) is 22.0 Å². The van der Waals surface area contributed by atoms with Crippen molar-refractivity contribution >= 4 is 40.2 Å². The highest BCUT2D eigenvalue weighted by atomic mass is 31.2. The Morgan fingerprint density at radius 1 is 0.645 bits per heavy atom. The van der Waals surface area contributed by atoms with Crippen LogP contribution in [-0.2, 0) is 9.59 Å². The summed E-state index contributed by atoms with van der Waals surface area (Å²) >= 11 is 0. The molecular weight excluding hydrogens is 434 g/mol. The van der Waals surface area contributed by atoms with Crippen LogP contribution in [0.5, 0.6) is 0 Å². The van der Waals surface area contributed by atoms with E-state index >= 15 is 0 Å². The molecule has 0 aliphatic rings. The van der Waals surface area contributed by atoms with Gasteiger partial charge in [-0.3, -0.25) is 9.59 Å². The number of halogens is 5. The smallest absolute Gasteiger partial charge is 0.298 e. The molecule has 160 valence electrons. The number of benzene rings is 3. The number of Topliss-reactive ketones (excluding diaryl/α,β-unsaturated/α-hetero) is 1. The van der Waals surface area contributed by atoms with Crippen molar-refractivity contribution in [2.75, 3.05) is 0 Å². The average Bonchev–Trinajstić information content (AvgIpc) is 2.78. The van der Waals surface area contributed by atoms with Gasteiger partial charge in [0.1, 0.15) is 0 Å². The zero-order valence-corrected chi connectivity index (χ0v) is 16.8. The highest BCUT2D eigenvalue weighted by molar-refractivity contribution is 7.97. The monoisotopic (exact) mass is 450 g/mol. The molecule has 0 aliphatic heterocycles. The molecule has 0 aliphatic carbocycles. The Morgan fingerprint density at radius 2 is 0.968 bits per heavy atom. The van der Waals surface area contributed by atoms with E-state index in [4.69, 9.17) is 0 Å².